The van der Waals surface area contributed by atoms with Crippen LogP contribution in [0, 0.1) is 0 Å². The number of nitrogens with zero attached hydrogens (tertiary/aromatic N) is 1. The van der Waals surface area contributed by atoms with E-state index >= 15 is 0 Å². The Labute approximate surface area is 167 Å². The molecule has 2 aromatic carbocycles. The molecular weight excluding hydrogens is 376 g/mol. The molecule has 0 radical (unpaired) electrons. The van der Waals surface area contributed by atoms with Gasteiger partial charge in [-0.3, -0.25) is 4.79 Å². The lowest BCUT2D eigenvalue weighted by Gasteiger charge is -2.12. The molecule has 6 nitrogen and oxygen atoms in total. The van der Waals surface area contributed by atoms with Crippen LogP contribution in [0.25, 0.3) is 0 Å². The Balaban J connectivity index is 1.64. The number of hydrogen-bond acceptors (Lipinski definition) is 6. The molecule has 3 aromatic rings. The molecule has 0 fully saturated rings. The molecule has 1 heterocycles. The molecule has 28 heavy (non-hydrogen) atoms. The molecule has 2 N–H and O–H groups in total. The predicted octanol–water partition coefficient (Wildman–Crippen LogP) is 4.20. The molecule has 0 aliphatic heterocycles. The first kappa shape index (κ1) is 19.4. The molecule has 0 unspecified atom stereocenters. The molecule has 0 aliphatic carbocycles. The molecule has 0 bridgehead atoms. The van der Waals surface area contributed by atoms with Gasteiger partial charge in [0.25, 0.3) is 5.91 Å². The van der Waals surface area contributed by atoms with Gasteiger partial charge in [0.2, 0.25) is 0 Å². The zero-order chi connectivity index (χ0) is 19.8. The number of phenolic OH excluding ortho intramolecular Hbond substituents is 1. The van der Waals surface area contributed by atoms with Gasteiger partial charge in [-0.2, -0.15) is 5.10 Å². The van der Waals surface area contributed by atoms with Crippen molar-refractivity contribution in [1.29, 1.82) is 0 Å². The van der Waals surface area contributed by atoms with E-state index in [9.17, 15) is 9.90 Å². The SMILES string of the molecule is CCOc1cc(/C=N\NC(=O)c2ccc(O)cc2)ccc1OCc1cccs1. The third-order valence-electron chi connectivity index (χ3n) is 3.73. The van der Waals surface area contributed by atoms with Crippen LogP contribution in [0.15, 0.2) is 65.1 Å². The summed E-state index contributed by atoms with van der Waals surface area (Å²) in [7, 11) is 0. The van der Waals surface area contributed by atoms with Gasteiger partial charge in [0.1, 0.15) is 12.4 Å². The number of carbonyl (C=O) groups is 1. The summed E-state index contributed by atoms with van der Waals surface area (Å²) >= 11 is 1.64. The molecular formula is C21H20N2O4S. The minimum Gasteiger partial charge on any atom is -0.508 e. The second-order valence-corrected chi connectivity index (χ2v) is 6.79. The first-order valence-corrected chi connectivity index (χ1v) is 9.58. The van der Waals surface area contributed by atoms with Crippen molar-refractivity contribution in [1.82, 2.24) is 5.43 Å². The van der Waals surface area contributed by atoms with E-state index in [1.807, 2.05) is 42.6 Å². The number of amides is 1. The maximum absolute atomic E-state index is 12.0. The second-order valence-electron chi connectivity index (χ2n) is 5.75. The monoisotopic (exact) mass is 396 g/mol. The highest BCUT2D eigenvalue weighted by Crippen LogP contribution is 2.29. The van der Waals surface area contributed by atoms with Crippen molar-refractivity contribution in [2.75, 3.05) is 6.61 Å². The first-order valence-electron chi connectivity index (χ1n) is 8.70. The minimum absolute atomic E-state index is 0.102. The van der Waals surface area contributed by atoms with Crippen LogP contribution < -0.4 is 14.9 Å². The van der Waals surface area contributed by atoms with Gasteiger partial charge in [0.05, 0.1) is 12.8 Å². The Bertz CT molecular complexity index is 938. The Morgan fingerprint density at radius 3 is 2.68 bits per heavy atom. The van der Waals surface area contributed by atoms with Crippen LogP contribution in [0.4, 0.5) is 0 Å². The molecule has 0 saturated heterocycles. The molecule has 144 valence electrons. The zero-order valence-corrected chi connectivity index (χ0v) is 16.1. The lowest BCUT2D eigenvalue weighted by atomic mass is 10.2. The highest BCUT2D eigenvalue weighted by atomic mass is 32.1. The average molecular weight is 396 g/mol. The maximum Gasteiger partial charge on any atom is 0.271 e. The molecule has 0 spiro atoms. The molecule has 1 amide bonds. The van der Waals surface area contributed by atoms with Crippen LogP contribution in [0.3, 0.4) is 0 Å². The number of nitrogens with one attached hydrogen (secondary N) is 1. The van der Waals surface area contributed by atoms with E-state index in [1.54, 1.807) is 11.3 Å². The fourth-order valence-corrected chi connectivity index (χ4v) is 2.99. The van der Waals surface area contributed by atoms with Crippen LogP contribution in [0.5, 0.6) is 17.2 Å². The summed E-state index contributed by atoms with van der Waals surface area (Å²) in [5, 5.41) is 15.2. The fraction of sp³-hybridized carbons (Fsp3) is 0.143. The summed E-state index contributed by atoms with van der Waals surface area (Å²) < 4.78 is 11.5. The van der Waals surface area contributed by atoms with E-state index in [-0.39, 0.29) is 11.7 Å². The van der Waals surface area contributed by atoms with Crippen molar-refractivity contribution in [3.8, 4) is 17.2 Å². The number of benzene rings is 2. The number of hydrogen-bond donors (Lipinski definition) is 2. The number of phenols is 1. The van der Waals surface area contributed by atoms with E-state index in [2.05, 4.69) is 10.5 Å². The summed E-state index contributed by atoms with van der Waals surface area (Å²) in [5.41, 5.74) is 3.62. The minimum atomic E-state index is -0.364. The van der Waals surface area contributed by atoms with Crippen LogP contribution in [-0.4, -0.2) is 23.8 Å². The van der Waals surface area contributed by atoms with Crippen molar-refractivity contribution >= 4 is 23.5 Å². The van der Waals surface area contributed by atoms with Gasteiger partial charge >= 0.3 is 0 Å². The van der Waals surface area contributed by atoms with Gasteiger partial charge in [-0.25, -0.2) is 5.43 Å². The summed E-state index contributed by atoms with van der Waals surface area (Å²) in [6, 6.07) is 15.4. The van der Waals surface area contributed by atoms with Crippen molar-refractivity contribution in [3.63, 3.8) is 0 Å². The number of ether oxygens (including phenoxy) is 2. The molecule has 0 aliphatic rings. The number of hydrazone groups is 1. The van der Waals surface area contributed by atoms with Crippen molar-refractivity contribution < 1.29 is 19.4 Å². The van der Waals surface area contributed by atoms with E-state index < -0.39 is 0 Å². The van der Waals surface area contributed by atoms with Crippen LogP contribution in [0.1, 0.15) is 27.7 Å². The summed E-state index contributed by atoms with van der Waals surface area (Å²) in [4.78, 5) is 13.1. The van der Waals surface area contributed by atoms with Gasteiger partial charge < -0.3 is 14.6 Å². The number of thiophene rings is 1. The average Bonchev–Trinajstić information content (AvgIpc) is 3.22. The molecule has 0 atom stereocenters. The standard InChI is InChI=1S/C21H20N2O4S/c1-2-26-20-12-15(5-10-19(20)27-14-18-4-3-11-28-18)13-22-23-21(25)16-6-8-17(24)9-7-16/h3-13,24H,2,14H2,1H3,(H,23,25)/b22-13-. The molecule has 1 aromatic heterocycles. The third kappa shape index (κ3) is 5.34. The maximum atomic E-state index is 12.0. The van der Waals surface area contributed by atoms with Crippen molar-refractivity contribution in [2.45, 2.75) is 13.5 Å². The summed E-state index contributed by atoms with van der Waals surface area (Å²) in [6.45, 7) is 2.89. The van der Waals surface area contributed by atoms with E-state index in [1.165, 1.54) is 30.5 Å². The van der Waals surface area contributed by atoms with Gasteiger partial charge in [0.15, 0.2) is 11.5 Å². The smallest absolute Gasteiger partial charge is 0.271 e. The van der Waals surface area contributed by atoms with Crippen LogP contribution in [-0.2, 0) is 6.61 Å². The molecule has 0 saturated carbocycles. The Morgan fingerprint density at radius 1 is 1.14 bits per heavy atom. The van der Waals surface area contributed by atoms with Gasteiger partial charge in [-0.1, -0.05) is 6.07 Å². The molecule has 3 rings (SSSR count). The van der Waals surface area contributed by atoms with E-state index in [0.717, 1.165) is 10.4 Å². The van der Waals surface area contributed by atoms with E-state index in [0.29, 0.717) is 30.3 Å². The predicted molar refractivity (Wildman–Crippen MR) is 109 cm³/mol. The van der Waals surface area contributed by atoms with Crippen LogP contribution in [0.2, 0.25) is 0 Å². The van der Waals surface area contributed by atoms with E-state index in [4.69, 9.17) is 9.47 Å². The Hall–Kier alpha value is -3.32. The van der Waals surface area contributed by atoms with Gasteiger partial charge in [-0.05, 0) is 66.4 Å². The highest BCUT2D eigenvalue weighted by molar-refractivity contribution is 7.09. The quantitative estimate of drug-likeness (QED) is 0.442. The Kier molecular flexibility index (Phi) is 6.64. The lowest BCUT2D eigenvalue weighted by Crippen LogP contribution is -2.17. The zero-order valence-electron chi connectivity index (χ0n) is 15.3. The summed E-state index contributed by atoms with van der Waals surface area (Å²) in [6.07, 6.45) is 1.53. The largest absolute Gasteiger partial charge is 0.508 e. The van der Waals surface area contributed by atoms with Gasteiger partial charge in [0, 0.05) is 10.4 Å². The fourth-order valence-electron chi connectivity index (χ4n) is 2.38. The third-order valence-corrected chi connectivity index (χ3v) is 4.58. The number of carbonyl (C=O) groups excluding carboxylic acids is 1. The first-order chi connectivity index (χ1) is 13.7. The highest BCUT2D eigenvalue weighted by Gasteiger charge is 2.07. The van der Waals surface area contributed by atoms with Crippen molar-refractivity contribution in [3.05, 3.63) is 76.0 Å². The van der Waals surface area contributed by atoms with Crippen molar-refractivity contribution in [2.24, 2.45) is 5.10 Å². The lowest BCUT2D eigenvalue weighted by molar-refractivity contribution is 0.0955. The second kappa shape index (κ2) is 9.57. The number of aromatic hydroxyl groups is 1. The Morgan fingerprint density at radius 2 is 1.96 bits per heavy atom. The topological polar surface area (TPSA) is 80.2 Å². The normalized spacial score (nSPS) is 10.8. The van der Waals surface area contributed by atoms with Gasteiger partial charge in [-0.15, -0.1) is 11.3 Å². The summed E-state index contributed by atoms with van der Waals surface area (Å²) in [5.74, 6) is 1.01. The van der Waals surface area contributed by atoms with Crippen LogP contribution >= 0.6 is 11.3 Å². The number of rotatable bonds is 8. The molecule has 7 heteroatoms.